The van der Waals surface area contributed by atoms with Crippen molar-refractivity contribution in [2.45, 2.75) is 83.6 Å². The van der Waals surface area contributed by atoms with Crippen molar-refractivity contribution in [2.24, 2.45) is 17.8 Å². The van der Waals surface area contributed by atoms with E-state index in [0.29, 0.717) is 37.9 Å². The number of nitrogens with zero attached hydrogens (tertiary/aromatic N) is 4. The van der Waals surface area contributed by atoms with E-state index in [1.807, 2.05) is 45.0 Å². The number of fused-ring (bicyclic) bond motifs is 1. The zero-order chi connectivity index (χ0) is 32.4. The number of hydrogen-bond donors (Lipinski definition) is 1. The second kappa shape index (κ2) is 13.4. The molecule has 0 saturated carbocycles. The number of amides is 3. The maximum Gasteiger partial charge on any atom is 0.253 e. The van der Waals surface area contributed by atoms with Gasteiger partial charge < -0.3 is 29.4 Å². The Labute approximate surface area is 263 Å². The second-order valence-electron chi connectivity index (χ2n) is 12.6. The lowest BCUT2D eigenvalue weighted by Gasteiger charge is -2.41. The summed E-state index contributed by atoms with van der Waals surface area (Å²) in [5, 5.41) is 10.7. The van der Waals surface area contributed by atoms with E-state index in [9.17, 15) is 19.5 Å². The molecule has 9 heteroatoms. The van der Waals surface area contributed by atoms with E-state index in [1.165, 1.54) is 0 Å². The van der Waals surface area contributed by atoms with Crippen LogP contribution in [0.1, 0.15) is 60.3 Å². The molecular weight excluding hydrogens is 556 g/mol. The summed E-state index contributed by atoms with van der Waals surface area (Å²) in [7, 11) is 1.72. The molecule has 4 rings (SSSR count). The van der Waals surface area contributed by atoms with Crippen molar-refractivity contribution in [2.75, 3.05) is 49.6 Å². The normalized spacial score (nSPS) is 28.4. The van der Waals surface area contributed by atoms with Crippen LogP contribution < -0.4 is 9.80 Å². The van der Waals surface area contributed by atoms with Gasteiger partial charge in [-0.2, -0.15) is 0 Å². The smallest absolute Gasteiger partial charge is 0.253 e. The quantitative estimate of drug-likeness (QED) is 0.299. The molecule has 3 saturated heterocycles. The number of carbonyl (C=O) groups is 3. The lowest BCUT2D eigenvalue weighted by atomic mass is 9.64. The summed E-state index contributed by atoms with van der Waals surface area (Å²) in [6.45, 7) is 19.9. The van der Waals surface area contributed by atoms with Crippen molar-refractivity contribution in [3.8, 4) is 0 Å². The molecule has 44 heavy (non-hydrogen) atoms. The summed E-state index contributed by atoms with van der Waals surface area (Å²) in [5.74, 6) is -2.35. The van der Waals surface area contributed by atoms with Gasteiger partial charge >= 0.3 is 0 Å². The van der Waals surface area contributed by atoms with E-state index in [4.69, 9.17) is 4.74 Å². The van der Waals surface area contributed by atoms with Gasteiger partial charge in [-0.15, -0.1) is 13.2 Å². The van der Waals surface area contributed by atoms with E-state index >= 15 is 0 Å². The highest BCUT2D eigenvalue weighted by atomic mass is 16.5. The third kappa shape index (κ3) is 5.26. The molecule has 0 aliphatic carbocycles. The molecule has 2 bridgehead atoms. The highest BCUT2D eigenvalue weighted by Crippen LogP contribution is 2.65. The van der Waals surface area contributed by atoms with Crippen LogP contribution in [0.2, 0.25) is 0 Å². The predicted octanol–water partition coefficient (Wildman–Crippen LogP) is 4.26. The van der Waals surface area contributed by atoms with Gasteiger partial charge in [0.25, 0.3) is 5.91 Å². The van der Waals surface area contributed by atoms with Crippen LogP contribution in [0.3, 0.4) is 0 Å². The summed E-state index contributed by atoms with van der Waals surface area (Å²) in [6, 6.07) is 6.28. The van der Waals surface area contributed by atoms with E-state index in [0.717, 1.165) is 18.8 Å². The van der Waals surface area contributed by atoms with E-state index in [2.05, 4.69) is 31.9 Å². The molecule has 242 valence electrons. The minimum Gasteiger partial charge on any atom is -0.394 e. The van der Waals surface area contributed by atoms with Gasteiger partial charge in [0.1, 0.15) is 11.6 Å². The van der Waals surface area contributed by atoms with Crippen LogP contribution in [-0.4, -0.2) is 95.7 Å². The van der Waals surface area contributed by atoms with Gasteiger partial charge in [-0.05, 0) is 63.3 Å². The van der Waals surface area contributed by atoms with Gasteiger partial charge in [-0.1, -0.05) is 39.3 Å². The van der Waals surface area contributed by atoms with Crippen LogP contribution in [0.25, 0.3) is 0 Å². The Balaban J connectivity index is 1.86. The number of benzene rings is 1. The molecule has 3 heterocycles. The first-order valence-corrected chi connectivity index (χ1v) is 16.3. The molecule has 1 N–H and O–H groups in total. The highest BCUT2D eigenvalue weighted by Gasteiger charge is 2.79. The van der Waals surface area contributed by atoms with Crippen LogP contribution in [-0.2, 0) is 19.1 Å². The van der Waals surface area contributed by atoms with Crippen LogP contribution in [0.15, 0.2) is 49.6 Å². The number of ether oxygens (including phenoxy) is 1. The number of aliphatic hydroxyl groups is 1. The minimum absolute atomic E-state index is 0.0781. The SMILES string of the molecule is C=CCN(C)C(=O)[C@H]1[C@H]2C(=O)N([C@@H](CO)[C@@H](C)CC)C(C(=O)N(CC=C)c3ccc(N(CC)CC)cc3)C23CC[C@]1(CC)O3. The molecule has 3 amide bonds. The van der Waals surface area contributed by atoms with Crippen molar-refractivity contribution in [1.82, 2.24) is 9.80 Å². The monoisotopic (exact) mass is 608 g/mol. The van der Waals surface area contributed by atoms with Crippen LogP contribution in [0.4, 0.5) is 11.4 Å². The molecule has 3 fully saturated rings. The Morgan fingerprint density at radius 3 is 2.18 bits per heavy atom. The van der Waals surface area contributed by atoms with E-state index in [1.54, 1.807) is 33.9 Å². The third-order valence-electron chi connectivity index (χ3n) is 10.6. The first kappa shape index (κ1) is 33.7. The average Bonchev–Trinajstić information content (AvgIpc) is 3.64. The van der Waals surface area contributed by atoms with Gasteiger partial charge in [-0.25, -0.2) is 0 Å². The largest absolute Gasteiger partial charge is 0.394 e. The average molecular weight is 609 g/mol. The molecule has 3 aliphatic heterocycles. The fraction of sp³-hybridized carbons (Fsp3) is 0.629. The van der Waals surface area contributed by atoms with Crippen molar-refractivity contribution in [3.05, 3.63) is 49.6 Å². The fourth-order valence-electron chi connectivity index (χ4n) is 8.03. The van der Waals surface area contributed by atoms with Crippen molar-refractivity contribution in [1.29, 1.82) is 0 Å². The summed E-state index contributed by atoms with van der Waals surface area (Å²) < 4.78 is 6.97. The molecule has 2 unspecified atom stereocenters. The standard InChI is InChI=1S/C35H52N4O5/c1-9-21-36(8)31(41)28-29-32(42)39(27(23-40)24(7)11-3)30(35(29)20-19-34(28,12-4)44-35)33(43)38(22-10-2)26-17-15-25(16-18-26)37(13-5)14-6/h9-10,15-18,24,27-30,40H,1-2,11-14,19-23H2,3-8H3/t24-,27-,28+,29-,30?,34-,35?/m0/s1. The molecule has 1 aromatic carbocycles. The zero-order valence-electron chi connectivity index (χ0n) is 27.5. The van der Waals surface area contributed by atoms with Gasteiger partial charge in [0.05, 0.1) is 30.1 Å². The van der Waals surface area contributed by atoms with Gasteiger partial charge in [0, 0.05) is 44.6 Å². The van der Waals surface area contributed by atoms with Crippen LogP contribution in [0.5, 0.6) is 0 Å². The predicted molar refractivity (Wildman–Crippen MR) is 174 cm³/mol. The number of anilines is 2. The zero-order valence-corrected chi connectivity index (χ0v) is 27.5. The molecule has 0 aromatic heterocycles. The first-order valence-electron chi connectivity index (χ1n) is 16.3. The Hall–Kier alpha value is -3.17. The minimum atomic E-state index is -1.18. The number of carbonyl (C=O) groups excluding carboxylic acids is 3. The molecule has 7 atom stereocenters. The van der Waals surface area contributed by atoms with Crippen LogP contribution >= 0.6 is 0 Å². The van der Waals surface area contributed by atoms with Gasteiger partial charge in [0.2, 0.25) is 11.8 Å². The number of hydrogen-bond acceptors (Lipinski definition) is 6. The number of aliphatic hydroxyl groups excluding tert-OH is 1. The Morgan fingerprint density at radius 1 is 1.05 bits per heavy atom. The maximum absolute atomic E-state index is 15.0. The molecular formula is C35H52N4O5. The Kier molecular flexibility index (Phi) is 10.3. The highest BCUT2D eigenvalue weighted by molar-refractivity contribution is 6.05. The second-order valence-corrected chi connectivity index (χ2v) is 12.6. The lowest BCUT2D eigenvalue weighted by Crippen LogP contribution is -2.60. The van der Waals surface area contributed by atoms with Crippen molar-refractivity contribution < 1.29 is 24.2 Å². The Morgan fingerprint density at radius 2 is 1.66 bits per heavy atom. The summed E-state index contributed by atoms with van der Waals surface area (Å²) >= 11 is 0. The van der Waals surface area contributed by atoms with Gasteiger partial charge in [0.15, 0.2) is 0 Å². The van der Waals surface area contributed by atoms with Crippen LogP contribution in [0, 0.1) is 17.8 Å². The molecule has 9 nitrogen and oxygen atoms in total. The van der Waals surface area contributed by atoms with Crippen molar-refractivity contribution >= 4 is 29.1 Å². The number of rotatable bonds is 15. The summed E-state index contributed by atoms with van der Waals surface area (Å²) in [4.78, 5) is 50.8. The summed E-state index contributed by atoms with van der Waals surface area (Å²) in [5.41, 5.74) is -0.262. The molecule has 1 aromatic rings. The molecule has 1 spiro atoms. The topological polar surface area (TPSA) is 93.6 Å². The first-order chi connectivity index (χ1) is 21.1. The molecule has 3 aliphatic rings. The number of likely N-dealkylation sites (N-methyl/N-ethyl adjacent to an activating group) is 1. The Bertz CT molecular complexity index is 1230. The third-order valence-corrected chi connectivity index (χ3v) is 10.6. The van der Waals surface area contributed by atoms with Gasteiger partial charge in [-0.3, -0.25) is 14.4 Å². The lowest BCUT2D eigenvalue weighted by molar-refractivity contribution is -0.154. The molecule has 0 radical (unpaired) electrons. The summed E-state index contributed by atoms with van der Waals surface area (Å²) in [6.07, 6.45) is 5.67. The number of likely N-dealkylation sites (tertiary alicyclic amines) is 1. The van der Waals surface area contributed by atoms with E-state index < -0.39 is 35.1 Å². The maximum atomic E-state index is 15.0. The van der Waals surface area contributed by atoms with E-state index in [-0.39, 0.29) is 36.8 Å². The fourth-order valence-corrected chi connectivity index (χ4v) is 8.03. The van der Waals surface area contributed by atoms with Crippen molar-refractivity contribution in [3.63, 3.8) is 0 Å².